The molecule has 8 heteroatoms. The maximum absolute atomic E-state index is 12.8. The van der Waals surface area contributed by atoms with Gasteiger partial charge in [0.05, 0.1) is 24.2 Å². The first kappa shape index (κ1) is 17.6. The fourth-order valence-corrected chi connectivity index (χ4v) is 2.94. The van der Waals surface area contributed by atoms with Crippen LogP contribution in [0.15, 0.2) is 64.2 Å². The lowest BCUT2D eigenvalue weighted by molar-refractivity contribution is 0.0941. The molecule has 140 valence electrons. The first-order valence-corrected chi connectivity index (χ1v) is 8.71. The standard InChI is InChI=1S/C20H17N5O3/c1-13-9-17(24-28-13)19(26)22-11-18-15-6-2-3-7-16(15)20(27)25(23-18)12-14-5-4-8-21-10-14/h2-10H,11-12H2,1H3,(H,22,26). The van der Waals surface area contributed by atoms with Crippen molar-refractivity contribution >= 4 is 16.7 Å². The fraction of sp³-hybridized carbons (Fsp3) is 0.150. The van der Waals surface area contributed by atoms with Gasteiger partial charge in [-0.05, 0) is 24.6 Å². The number of carbonyl (C=O) groups excluding carboxylic acids is 1. The fourth-order valence-electron chi connectivity index (χ4n) is 2.94. The summed E-state index contributed by atoms with van der Waals surface area (Å²) in [5.41, 5.74) is 1.46. The molecule has 0 saturated carbocycles. The number of amides is 1. The highest BCUT2D eigenvalue weighted by molar-refractivity contribution is 5.92. The van der Waals surface area contributed by atoms with Crippen molar-refractivity contribution in [2.24, 2.45) is 0 Å². The Morgan fingerprint density at radius 3 is 2.71 bits per heavy atom. The molecule has 0 aliphatic heterocycles. The zero-order chi connectivity index (χ0) is 19.5. The van der Waals surface area contributed by atoms with Crippen molar-refractivity contribution in [1.82, 2.24) is 25.2 Å². The smallest absolute Gasteiger partial charge is 0.274 e. The van der Waals surface area contributed by atoms with Gasteiger partial charge in [0.2, 0.25) is 0 Å². The zero-order valence-corrected chi connectivity index (χ0v) is 15.1. The number of rotatable bonds is 5. The number of carbonyl (C=O) groups is 1. The monoisotopic (exact) mass is 375 g/mol. The van der Waals surface area contributed by atoms with Gasteiger partial charge in [-0.15, -0.1) is 0 Å². The molecule has 0 aliphatic carbocycles. The van der Waals surface area contributed by atoms with Crippen molar-refractivity contribution < 1.29 is 9.32 Å². The first-order chi connectivity index (χ1) is 13.6. The highest BCUT2D eigenvalue weighted by atomic mass is 16.5. The second kappa shape index (κ2) is 7.43. The van der Waals surface area contributed by atoms with Crippen molar-refractivity contribution in [3.05, 3.63) is 87.9 Å². The first-order valence-electron chi connectivity index (χ1n) is 8.71. The Labute approximate surface area is 159 Å². The number of nitrogens with one attached hydrogen (secondary N) is 1. The van der Waals surface area contributed by atoms with E-state index in [1.807, 2.05) is 24.3 Å². The topological polar surface area (TPSA) is 103 Å². The molecule has 0 radical (unpaired) electrons. The van der Waals surface area contributed by atoms with Crippen LogP contribution in [0.5, 0.6) is 0 Å². The van der Waals surface area contributed by atoms with Crippen molar-refractivity contribution in [2.45, 2.75) is 20.0 Å². The molecular weight excluding hydrogens is 358 g/mol. The van der Waals surface area contributed by atoms with Crippen molar-refractivity contribution in [1.29, 1.82) is 0 Å². The predicted molar refractivity (Wildman–Crippen MR) is 102 cm³/mol. The van der Waals surface area contributed by atoms with Crippen LogP contribution in [0.3, 0.4) is 0 Å². The molecule has 4 aromatic rings. The van der Waals surface area contributed by atoms with Gasteiger partial charge in [-0.25, -0.2) is 4.68 Å². The van der Waals surface area contributed by atoms with Gasteiger partial charge in [-0.2, -0.15) is 5.10 Å². The van der Waals surface area contributed by atoms with E-state index in [1.54, 1.807) is 37.5 Å². The lowest BCUT2D eigenvalue weighted by Crippen LogP contribution is -2.29. The molecule has 8 nitrogen and oxygen atoms in total. The molecule has 0 fully saturated rings. The van der Waals surface area contributed by atoms with Crippen molar-refractivity contribution in [3.8, 4) is 0 Å². The van der Waals surface area contributed by atoms with E-state index in [4.69, 9.17) is 4.52 Å². The normalized spacial score (nSPS) is 10.9. The quantitative estimate of drug-likeness (QED) is 0.573. The van der Waals surface area contributed by atoms with Crippen LogP contribution in [0, 0.1) is 6.92 Å². The van der Waals surface area contributed by atoms with Crippen LogP contribution >= 0.6 is 0 Å². The van der Waals surface area contributed by atoms with E-state index in [0.29, 0.717) is 28.8 Å². The van der Waals surface area contributed by atoms with E-state index in [9.17, 15) is 9.59 Å². The van der Waals surface area contributed by atoms with Gasteiger partial charge >= 0.3 is 0 Å². The number of fused-ring (bicyclic) bond motifs is 1. The molecule has 1 amide bonds. The summed E-state index contributed by atoms with van der Waals surface area (Å²) in [5.74, 6) is 0.187. The number of nitrogens with zero attached hydrogens (tertiary/aromatic N) is 4. The lowest BCUT2D eigenvalue weighted by atomic mass is 10.1. The maximum atomic E-state index is 12.8. The maximum Gasteiger partial charge on any atom is 0.274 e. The molecular formula is C20H17N5O3. The van der Waals surface area contributed by atoms with Crippen LogP contribution in [0.1, 0.15) is 27.5 Å². The average molecular weight is 375 g/mol. The van der Waals surface area contributed by atoms with Crippen LogP contribution in [0.25, 0.3) is 10.8 Å². The third kappa shape index (κ3) is 3.52. The number of benzene rings is 1. The van der Waals surface area contributed by atoms with Gasteiger partial charge in [0.1, 0.15) is 5.76 Å². The molecule has 3 heterocycles. The second-order valence-corrected chi connectivity index (χ2v) is 6.32. The number of aromatic nitrogens is 4. The number of aryl methyl sites for hydroxylation is 1. The Morgan fingerprint density at radius 1 is 1.18 bits per heavy atom. The SMILES string of the molecule is Cc1cc(C(=O)NCc2nn(Cc3cccnc3)c(=O)c3ccccc23)no1. The van der Waals surface area contributed by atoms with Crippen molar-refractivity contribution in [3.63, 3.8) is 0 Å². The Morgan fingerprint density at radius 2 is 2.00 bits per heavy atom. The molecule has 28 heavy (non-hydrogen) atoms. The Bertz CT molecular complexity index is 1200. The summed E-state index contributed by atoms with van der Waals surface area (Å²) in [6.45, 7) is 2.16. The molecule has 0 aliphatic rings. The number of hydrogen-bond donors (Lipinski definition) is 1. The van der Waals surface area contributed by atoms with Gasteiger partial charge in [-0.1, -0.05) is 29.4 Å². The molecule has 1 aromatic carbocycles. The van der Waals surface area contributed by atoms with E-state index < -0.39 is 0 Å². The van der Waals surface area contributed by atoms with Crippen LogP contribution < -0.4 is 10.9 Å². The summed E-state index contributed by atoms with van der Waals surface area (Å²) in [6, 6.07) is 12.5. The summed E-state index contributed by atoms with van der Waals surface area (Å²) in [6.07, 6.45) is 3.37. The van der Waals surface area contributed by atoms with E-state index in [2.05, 4.69) is 20.6 Å². The van der Waals surface area contributed by atoms with Crippen LogP contribution in [-0.2, 0) is 13.1 Å². The molecule has 3 aromatic heterocycles. The van der Waals surface area contributed by atoms with Crippen LogP contribution in [0.2, 0.25) is 0 Å². The molecule has 0 atom stereocenters. The molecule has 0 unspecified atom stereocenters. The summed E-state index contributed by atoms with van der Waals surface area (Å²) in [5, 5.41) is 12.2. The summed E-state index contributed by atoms with van der Waals surface area (Å²) >= 11 is 0. The Hall–Kier alpha value is -3.81. The summed E-state index contributed by atoms with van der Waals surface area (Å²) < 4.78 is 6.32. The molecule has 0 bridgehead atoms. The van der Waals surface area contributed by atoms with Crippen molar-refractivity contribution in [2.75, 3.05) is 0 Å². The molecule has 1 N–H and O–H groups in total. The highest BCUT2D eigenvalue weighted by Gasteiger charge is 2.14. The lowest BCUT2D eigenvalue weighted by Gasteiger charge is -2.11. The minimum Gasteiger partial charge on any atom is -0.361 e. The molecule has 4 rings (SSSR count). The van der Waals surface area contributed by atoms with E-state index in [0.717, 1.165) is 5.56 Å². The number of hydrogen-bond acceptors (Lipinski definition) is 6. The third-order valence-corrected chi connectivity index (χ3v) is 4.28. The van der Waals surface area contributed by atoms with E-state index in [1.165, 1.54) is 4.68 Å². The zero-order valence-electron chi connectivity index (χ0n) is 15.1. The minimum absolute atomic E-state index is 0.151. The van der Waals surface area contributed by atoms with E-state index in [-0.39, 0.29) is 23.7 Å². The predicted octanol–water partition coefficient (Wildman–Crippen LogP) is 2.07. The number of pyridine rings is 1. The second-order valence-electron chi connectivity index (χ2n) is 6.32. The highest BCUT2D eigenvalue weighted by Crippen LogP contribution is 2.14. The van der Waals surface area contributed by atoms with Crippen LogP contribution in [0.4, 0.5) is 0 Å². The molecule has 0 saturated heterocycles. The van der Waals surface area contributed by atoms with Gasteiger partial charge in [0, 0.05) is 23.8 Å². The summed E-state index contributed by atoms with van der Waals surface area (Å²) in [7, 11) is 0. The third-order valence-electron chi connectivity index (χ3n) is 4.28. The van der Waals surface area contributed by atoms with Gasteiger partial charge in [0.15, 0.2) is 5.69 Å². The average Bonchev–Trinajstić information content (AvgIpc) is 3.16. The summed E-state index contributed by atoms with van der Waals surface area (Å²) in [4.78, 5) is 29.2. The Balaban J connectivity index is 1.67. The molecule has 0 spiro atoms. The van der Waals surface area contributed by atoms with Gasteiger partial charge < -0.3 is 9.84 Å². The minimum atomic E-state index is -0.368. The Kier molecular flexibility index (Phi) is 4.67. The van der Waals surface area contributed by atoms with Crippen LogP contribution in [-0.4, -0.2) is 25.8 Å². The van der Waals surface area contributed by atoms with E-state index >= 15 is 0 Å². The van der Waals surface area contributed by atoms with Gasteiger partial charge in [-0.3, -0.25) is 14.6 Å². The largest absolute Gasteiger partial charge is 0.361 e. The van der Waals surface area contributed by atoms with Gasteiger partial charge in [0.25, 0.3) is 11.5 Å².